The van der Waals surface area contributed by atoms with Gasteiger partial charge in [0.15, 0.2) is 0 Å². The minimum absolute atomic E-state index is 0.0133. The Morgan fingerprint density at radius 3 is 2.46 bits per heavy atom. The molecule has 3 rings (SSSR count). The second-order valence-corrected chi connectivity index (χ2v) is 7.14. The Morgan fingerprint density at radius 2 is 1.82 bits per heavy atom. The third kappa shape index (κ3) is 4.29. The number of amides is 1. The number of nitrogens with zero attached hydrogens (tertiary/aromatic N) is 2. The number of benzene rings is 2. The normalized spacial score (nSPS) is 10.9. The number of carboxylic acid groups (broad SMARTS) is 1. The van der Waals surface area contributed by atoms with E-state index in [4.69, 9.17) is 0 Å². The van der Waals surface area contributed by atoms with Crippen LogP contribution in [0.25, 0.3) is 10.2 Å². The van der Waals surface area contributed by atoms with Crippen LogP contribution in [0.5, 0.6) is 5.75 Å². The molecule has 0 fully saturated rings. The zero-order chi connectivity index (χ0) is 20.3. The summed E-state index contributed by atoms with van der Waals surface area (Å²) in [6.07, 6.45) is -0.261. The number of aromatic amines is 1. The van der Waals surface area contributed by atoms with E-state index < -0.39 is 11.0 Å². The van der Waals surface area contributed by atoms with Gasteiger partial charge in [-0.2, -0.15) is 0 Å². The number of phenolic OH excluding ortho intramolecular Hbond substituents is 1. The van der Waals surface area contributed by atoms with Crippen molar-refractivity contribution in [2.45, 2.75) is 12.8 Å². The number of H-pyrrole nitrogens is 1. The minimum Gasteiger partial charge on any atom is -0.506 e. The summed E-state index contributed by atoms with van der Waals surface area (Å²) in [5.41, 5.74) is 1.92. The first kappa shape index (κ1) is 19.4. The molecule has 2 aromatic carbocycles. The lowest BCUT2D eigenvalue weighted by Gasteiger charge is -2.19. The number of phenols is 1. The number of fused-ring (bicyclic) bond motifs is 1. The molecule has 0 aliphatic carbocycles. The highest BCUT2D eigenvalue weighted by Gasteiger charge is 2.15. The summed E-state index contributed by atoms with van der Waals surface area (Å²) in [5.74, 6) is -0.0228. The van der Waals surface area contributed by atoms with E-state index >= 15 is 0 Å². The number of hydrogen-bond acceptors (Lipinski definition) is 6. The number of carbonyl (C=O) groups is 1. The minimum atomic E-state index is -1.07. The predicted octanol–water partition coefficient (Wildman–Crippen LogP) is 2.97. The van der Waals surface area contributed by atoms with Gasteiger partial charge in [0.25, 0.3) is 5.69 Å². The molecule has 1 amide bonds. The van der Waals surface area contributed by atoms with E-state index in [1.54, 1.807) is 18.2 Å². The second-order valence-electron chi connectivity index (χ2n) is 6.16. The third-order valence-electron chi connectivity index (χ3n) is 4.38. The van der Waals surface area contributed by atoms with Crippen LogP contribution in [-0.4, -0.2) is 44.2 Å². The topological polar surface area (TPSA) is 137 Å². The van der Waals surface area contributed by atoms with Gasteiger partial charge < -0.3 is 20.1 Å². The highest BCUT2D eigenvalue weighted by atomic mass is 32.1. The summed E-state index contributed by atoms with van der Waals surface area (Å²) in [7, 11) is 0. The van der Waals surface area contributed by atoms with Crippen LogP contribution in [0.3, 0.4) is 0 Å². The van der Waals surface area contributed by atoms with Crippen LogP contribution in [0, 0.1) is 10.1 Å². The van der Waals surface area contributed by atoms with Crippen LogP contribution < -0.4 is 4.87 Å². The molecule has 28 heavy (non-hydrogen) atoms. The van der Waals surface area contributed by atoms with Gasteiger partial charge in [-0.05, 0) is 30.0 Å². The van der Waals surface area contributed by atoms with Crippen molar-refractivity contribution in [1.29, 1.82) is 0 Å². The van der Waals surface area contributed by atoms with Crippen LogP contribution in [0.1, 0.15) is 11.1 Å². The SMILES string of the molecule is O=C(O)N(CCc1ccc([N+](=O)[O-])cc1)CCc1ccc(O)c2[nH]c(=O)sc12. The van der Waals surface area contributed by atoms with Crippen molar-refractivity contribution in [3.63, 3.8) is 0 Å². The highest BCUT2D eigenvalue weighted by Crippen LogP contribution is 2.28. The molecule has 3 aromatic rings. The van der Waals surface area contributed by atoms with Crippen molar-refractivity contribution in [2.75, 3.05) is 13.1 Å². The summed E-state index contributed by atoms with van der Waals surface area (Å²) >= 11 is 0.975. The zero-order valence-electron chi connectivity index (χ0n) is 14.6. The molecule has 0 saturated heterocycles. The van der Waals surface area contributed by atoms with E-state index in [9.17, 15) is 29.9 Å². The van der Waals surface area contributed by atoms with E-state index in [-0.39, 0.29) is 29.4 Å². The van der Waals surface area contributed by atoms with Crippen molar-refractivity contribution < 1.29 is 19.9 Å². The zero-order valence-corrected chi connectivity index (χ0v) is 15.4. The van der Waals surface area contributed by atoms with Gasteiger partial charge in [-0.3, -0.25) is 14.9 Å². The summed E-state index contributed by atoms with van der Waals surface area (Å²) in [5, 5.41) is 30.0. The van der Waals surface area contributed by atoms with Crippen LogP contribution >= 0.6 is 11.3 Å². The Labute approximate surface area is 162 Å². The van der Waals surface area contributed by atoms with Gasteiger partial charge in [-0.15, -0.1) is 0 Å². The lowest BCUT2D eigenvalue weighted by molar-refractivity contribution is -0.384. The quantitative estimate of drug-likeness (QED) is 0.410. The molecule has 1 heterocycles. The van der Waals surface area contributed by atoms with Gasteiger partial charge in [0.1, 0.15) is 11.3 Å². The molecule has 0 bridgehead atoms. The van der Waals surface area contributed by atoms with Crippen molar-refractivity contribution in [3.8, 4) is 5.75 Å². The summed E-state index contributed by atoms with van der Waals surface area (Å²) in [6.45, 7) is 0.450. The fraction of sp³-hybridized carbons (Fsp3) is 0.222. The van der Waals surface area contributed by atoms with Gasteiger partial charge in [-0.1, -0.05) is 29.5 Å². The van der Waals surface area contributed by atoms with Crippen molar-refractivity contribution in [3.05, 3.63) is 67.3 Å². The predicted molar refractivity (Wildman–Crippen MR) is 104 cm³/mol. The molecule has 10 heteroatoms. The van der Waals surface area contributed by atoms with Crippen molar-refractivity contribution >= 4 is 33.3 Å². The van der Waals surface area contributed by atoms with Gasteiger partial charge in [0.05, 0.1) is 9.62 Å². The number of non-ortho nitro benzene ring substituents is 1. The molecule has 0 atom stereocenters. The Hall–Kier alpha value is -3.40. The monoisotopic (exact) mass is 403 g/mol. The van der Waals surface area contributed by atoms with Gasteiger partial charge in [-0.25, -0.2) is 4.79 Å². The van der Waals surface area contributed by atoms with Crippen LogP contribution in [0.4, 0.5) is 10.5 Å². The summed E-state index contributed by atoms with van der Waals surface area (Å²) in [6, 6.07) is 9.15. The van der Waals surface area contributed by atoms with E-state index in [0.29, 0.717) is 23.1 Å². The van der Waals surface area contributed by atoms with Crippen LogP contribution in [-0.2, 0) is 12.8 Å². The number of thiazole rings is 1. The molecule has 1 aromatic heterocycles. The van der Waals surface area contributed by atoms with Crippen LogP contribution in [0.15, 0.2) is 41.2 Å². The van der Waals surface area contributed by atoms with E-state index in [2.05, 4.69) is 4.98 Å². The largest absolute Gasteiger partial charge is 0.506 e. The first-order valence-electron chi connectivity index (χ1n) is 8.40. The number of hydrogen-bond donors (Lipinski definition) is 3. The van der Waals surface area contributed by atoms with E-state index in [1.165, 1.54) is 23.1 Å². The Bertz CT molecular complexity index is 1070. The molecule has 0 radical (unpaired) electrons. The number of rotatable bonds is 7. The van der Waals surface area contributed by atoms with Gasteiger partial charge in [0.2, 0.25) is 0 Å². The second kappa shape index (κ2) is 8.09. The molecule has 146 valence electrons. The fourth-order valence-electron chi connectivity index (χ4n) is 2.88. The molecule has 3 N–H and O–H groups in total. The fourth-order valence-corrected chi connectivity index (χ4v) is 3.77. The van der Waals surface area contributed by atoms with Gasteiger partial charge in [0, 0.05) is 25.2 Å². The maximum atomic E-state index is 11.6. The van der Waals surface area contributed by atoms with E-state index in [0.717, 1.165) is 22.5 Å². The summed E-state index contributed by atoms with van der Waals surface area (Å²) < 4.78 is 0.616. The number of aromatic nitrogens is 1. The number of nitro benzene ring substituents is 1. The Kier molecular flexibility index (Phi) is 5.59. The van der Waals surface area contributed by atoms with Gasteiger partial charge >= 0.3 is 11.0 Å². The number of aromatic hydroxyl groups is 1. The smallest absolute Gasteiger partial charge is 0.407 e. The molecular weight excluding hydrogens is 386 g/mol. The maximum absolute atomic E-state index is 11.6. The molecule has 0 aliphatic heterocycles. The first-order valence-corrected chi connectivity index (χ1v) is 9.21. The van der Waals surface area contributed by atoms with Crippen molar-refractivity contribution in [1.82, 2.24) is 9.88 Å². The molecule has 0 spiro atoms. The van der Waals surface area contributed by atoms with Crippen molar-refractivity contribution in [2.24, 2.45) is 0 Å². The van der Waals surface area contributed by atoms with Crippen LogP contribution in [0.2, 0.25) is 0 Å². The lowest BCUT2D eigenvalue weighted by Crippen LogP contribution is -2.33. The molecular formula is C18H17N3O6S. The number of nitro groups is 1. The average Bonchev–Trinajstić information content (AvgIpc) is 3.06. The van der Waals surface area contributed by atoms with E-state index in [1.807, 2.05) is 0 Å². The summed E-state index contributed by atoms with van der Waals surface area (Å²) in [4.78, 5) is 36.9. The Balaban J connectivity index is 1.67. The lowest BCUT2D eigenvalue weighted by atomic mass is 10.1. The Morgan fingerprint density at radius 1 is 1.14 bits per heavy atom. The molecule has 9 nitrogen and oxygen atoms in total. The average molecular weight is 403 g/mol. The molecule has 0 aliphatic rings. The highest BCUT2D eigenvalue weighted by molar-refractivity contribution is 7.16. The molecule has 0 unspecified atom stereocenters. The molecule has 0 saturated carbocycles. The standard InChI is InChI=1S/C18H17N3O6S/c22-14-6-3-12(16-15(14)19-17(23)28-16)8-10-20(18(24)25)9-7-11-1-4-13(5-2-11)21(26)27/h1-6,22H,7-10H2,(H,19,23)(H,24,25). The third-order valence-corrected chi connectivity index (χ3v) is 5.34. The number of nitrogens with one attached hydrogen (secondary N) is 1. The first-order chi connectivity index (χ1) is 13.3. The maximum Gasteiger partial charge on any atom is 0.407 e.